The third-order valence-corrected chi connectivity index (χ3v) is 0.667. The summed E-state index contributed by atoms with van der Waals surface area (Å²) in [4.78, 5) is 0. The van der Waals surface area contributed by atoms with E-state index in [4.69, 9.17) is 0 Å². The summed E-state index contributed by atoms with van der Waals surface area (Å²) in [5, 5.41) is 0. The first-order chi connectivity index (χ1) is 7.00. The molecule has 0 unspecified atom stereocenters. The molecule has 0 heterocycles. The zero-order valence-corrected chi connectivity index (χ0v) is 12.0. The lowest BCUT2D eigenvalue weighted by molar-refractivity contribution is 0.469. The van der Waals surface area contributed by atoms with Crippen molar-refractivity contribution in [1.29, 1.82) is 0 Å². The maximum absolute atomic E-state index is 2.19. The molecule has 0 amide bonds. The Morgan fingerprint density at radius 3 is 0.600 bits per heavy atom. The quantitative estimate of drug-likeness (QED) is 0.508. The number of hydrogen-bond donors (Lipinski definition) is 0. The minimum Gasteiger partial charge on any atom is -0.0683 e. The maximum Gasteiger partial charge on any atom is -0.0411 e. The summed E-state index contributed by atoms with van der Waals surface area (Å²) >= 11 is 0. The Hall–Kier alpha value is -0.780. The van der Waals surface area contributed by atoms with Crippen molar-refractivity contribution < 1.29 is 0 Å². The van der Waals surface area contributed by atoms with Gasteiger partial charge in [0, 0.05) is 0 Å². The van der Waals surface area contributed by atoms with E-state index < -0.39 is 0 Å². The molecule has 0 aliphatic heterocycles. The number of hydrogen-bond acceptors (Lipinski definition) is 0. The summed E-state index contributed by atoms with van der Waals surface area (Å²) in [5.74, 6) is 0. The predicted octanol–water partition coefficient (Wildman–Crippen LogP) is 5.79. The van der Waals surface area contributed by atoms with Crippen LogP contribution in [0.2, 0.25) is 0 Å². The van der Waals surface area contributed by atoms with Crippen LogP contribution in [0.25, 0.3) is 0 Å². The highest BCUT2D eigenvalue weighted by molar-refractivity contribution is 4.99. The monoisotopic (exact) mass is 210 g/mol. The molecule has 0 aliphatic rings. The van der Waals surface area contributed by atoms with Crippen molar-refractivity contribution in [1.82, 2.24) is 0 Å². The van der Waals surface area contributed by atoms with Crippen molar-refractivity contribution in [3.8, 4) is 0 Å². The Morgan fingerprint density at radius 2 is 0.533 bits per heavy atom. The molecule has 15 heavy (non-hydrogen) atoms. The van der Waals surface area contributed by atoms with E-state index in [0.717, 1.165) is 0 Å². The van der Waals surface area contributed by atoms with E-state index in [0.29, 0.717) is 5.41 Å². The SMILES string of the molecule is CC.CC.CC(C)(C)C.c1ccccc1. The lowest BCUT2D eigenvalue weighted by atomic mass is 10.0. The fourth-order valence-electron chi connectivity index (χ4n) is 0.385. The Balaban J connectivity index is -0.000000146. The molecule has 0 bridgehead atoms. The Kier molecular flexibility index (Phi) is 20.6. The number of rotatable bonds is 0. The molecule has 0 spiro atoms. The molecule has 1 aromatic carbocycles. The highest BCUT2D eigenvalue weighted by atomic mass is 14.0. The maximum atomic E-state index is 2.19. The molecule has 0 aromatic heterocycles. The van der Waals surface area contributed by atoms with Crippen LogP contribution < -0.4 is 0 Å². The van der Waals surface area contributed by atoms with Gasteiger partial charge in [0.05, 0.1) is 0 Å². The van der Waals surface area contributed by atoms with Crippen molar-refractivity contribution in [3.63, 3.8) is 0 Å². The minimum absolute atomic E-state index is 0.500. The van der Waals surface area contributed by atoms with Crippen LogP contribution in [0.3, 0.4) is 0 Å². The first-order valence-corrected chi connectivity index (χ1v) is 6.00. The van der Waals surface area contributed by atoms with Gasteiger partial charge >= 0.3 is 0 Å². The largest absolute Gasteiger partial charge is 0.0683 e. The van der Waals surface area contributed by atoms with E-state index in [1.54, 1.807) is 0 Å². The minimum atomic E-state index is 0.500. The van der Waals surface area contributed by atoms with Crippen LogP contribution in [0.1, 0.15) is 55.4 Å². The van der Waals surface area contributed by atoms with Crippen LogP contribution in [0.4, 0.5) is 0 Å². The second-order valence-electron chi connectivity index (χ2n) is 4.15. The van der Waals surface area contributed by atoms with E-state index >= 15 is 0 Å². The summed E-state index contributed by atoms with van der Waals surface area (Å²) in [6.45, 7) is 16.8. The zero-order valence-electron chi connectivity index (χ0n) is 12.0. The van der Waals surface area contributed by atoms with E-state index in [2.05, 4.69) is 27.7 Å². The molecule has 0 radical (unpaired) electrons. The van der Waals surface area contributed by atoms with Gasteiger partial charge in [-0.05, 0) is 5.41 Å². The van der Waals surface area contributed by atoms with Gasteiger partial charge in [-0.2, -0.15) is 0 Å². The molecule has 0 N–H and O–H groups in total. The molecular formula is C15H30. The number of benzene rings is 1. The van der Waals surface area contributed by atoms with Crippen LogP contribution in [0.15, 0.2) is 36.4 Å². The normalized spacial score (nSPS) is 8.00. The molecule has 0 fully saturated rings. The molecule has 0 atom stereocenters. The summed E-state index contributed by atoms with van der Waals surface area (Å²) in [5.41, 5.74) is 0.500. The third-order valence-electron chi connectivity index (χ3n) is 0.667. The van der Waals surface area contributed by atoms with Crippen LogP contribution in [-0.2, 0) is 0 Å². The van der Waals surface area contributed by atoms with Crippen LogP contribution in [-0.4, -0.2) is 0 Å². The van der Waals surface area contributed by atoms with Crippen LogP contribution in [0, 0.1) is 5.41 Å². The second-order valence-corrected chi connectivity index (χ2v) is 4.15. The van der Waals surface area contributed by atoms with Gasteiger partial charge in [0.15, 0.2) is 0 Å². The van der Waals surface area contributed by atoms with Crippen molar-refractivity contribution in [3.05, 3.63) is 36.4 Å². The summed E-state index contributed by atoms with van der Waals surface area (Å²) in [6.07, 6.45) is 0. The van der Waals surface area contributed by atoms with E-state index in [1.165, 1.54) is 0 Å². The van der Waals surface area contributed by atoms with E-state index in [-0.39, 0.29) is 0 Å². The molecule has 1 aromatic rings. The van der Waals surface area contributed by atoms with Crippen LogP contribution in [0.5, 0.6) is 0 Å². The van der Waals surface area contributed by atoms with E-state index in [9.17, 15) is 0 Å². The third kappa shape index (κ3) is 61.1. The topological polar surface area (TPSA) is 0 Å². The van der Waals surface area contributed by atoms with Crippen molar-refractivity contribution >= 4 is 0 Å². The lowest BCUT2D eigenvalue weighted by Gasteiger charge is -2.05. The van der Waals surface area contributed by atoms with Gasteiger partial charge in [0.2, 0.25) is 0 Å². The molecule has 1 rings (SSSR count). The highest BCUT2D eigenvalue weighted by Crippen LogP contribution is 2.08. The predicted molar refractivity (Wildman–Crippen MR) is 74.3 cm³/mol. The van der Waals surface area contributed by atoms with Gasteiger partial charge in [-0.25, -0.2) is 0 Å². The summed E-state index contributed by atoms with van der Waals surface area (Å²) < 4.78 is 0. The van der Waals surface area contributed by atoms with Crippen molar-refractivity contribution in [2.24, 2.45) is 5.41 Å². The average Bonchev–Trinajstić information content (AvgIpc) is 2.24. The standard InChI is InChI=1S/C6H6.C5H12.2C2H6/c1-2-4-6-5-3-1;1-5(2,3)4;2*1-2/h1-6H;1-4H3;2*1-2H3. The smallest absolute Gasteiger partial charge is 0.0411 e. The van der Waals surface area contributed by atoms with Crippen molar-refractivity contribution in [2.45, 2.75) is 55.4 Å². The lowest BCUT2D eigenvalue weighted by Crippen LogP contribution is -1.93. The summed E-state index contributed by atoms with van der Waals surface area (Å²) in [7, 11) is 0. The fraction of sp³-hybridized carbons (Fsp3) is 0.600. The van der Waals surface area contributed by atoms with Gasteiger partial charge in [-0.1, -0.05) is 91.8 Å². The van der Waals surface area contributed by atoms with Gasteiger partial charge in [0.25, 0.3) is 0 Å². The Morgan fingerprint density at radius 1 is 0.467 bits per heavy atom. The average molecular weight is 210 g/mol. The molecule has 0 aliphatic carbocycles. The Bertz CT molecular complexity index is 124. The molecular weight excluding hydrogens is 180 g/mol. The Labute approximate surface area is 97.7 Å². The highest BCUT2D eigenvalue weighted by Gasteiger charge is 1.95. The summed E-state index contributed by atoms with van der Waals surface area (Å²) in [6, 6.07) is 12.0. The van der Waals surface area contributed by atoms with Crippen LogP contribution >= 0.6 is 0 Å². The first kappa shape index (κ1) is 19.7. The fourth-order valence-corrected chi connectivity index (χ4v) is 0.385. The molecule has 0 nitrogen and oxygen atoms in total. The van der Waals surface area contributed by atoms with Gasteiger partial charge in [-0.15, -0.1) is 0 Å². The molecule has 0 saturated carbocycles. The van der Waals surface area contributed by atoms with E-state index in [1.807, 2.05) is 64.1 Å². The van der Waals surface area contributed by atoms with Gasteiger partial charge in [-0.3, -0.25) is 0 Å². The zero-order chi connectivity index (χ0) is 12.7. The first-order valence-electron chi connectivity index (χ1n) is 6.00. The second kappa shape index (κ2) is 15.7. The molecule has 90 valence electrons. The molecule has 0 heteroatoms. The van der Waals surface area contributed by atoms with Gasteiger partial charge in [0.1, 0.15) is 0 Å². The van der Waals surface area contributed by atoms with Crippen molar-refractivity contribution in [2.75, 3.05) is 0 Å². The molecule has 0 saturated heterocycles. The van der Waals surface area contributed by atoms with Gasteiger partial charge < -0.3 is 0 Å².